The van der Waals surface area contributed by atoms with Gasteiger partial charge in [-0.3, -0.25) is 9.59 Å². The number of benzene rings is 2. The third-order valence-corrected chi connectivity index (χ3v) is 8.76. The molecule has 12 heteroatoms. The zero-order valence-corrected chi connectivity index (χ0v) is 23.6. The second kappa shape index (κ2) is 12.8. The molecule has 0 radical (unpaired) electrons. The molecular formula is C27H28Cl2N4O5S. The molecule has 1 fully saturated rings. The zero-order valence-electron chi connectivity index (χ0n) is 21.3. The number of sulfonamides is 1. The first-order chi connectivity index (χ1) is 18.6. The summed E-state index contributed by atoms with van der Waals surface area (Å²) in [5.41, 5.74) is 3.80. The third kappa shape index (κ3) is 7.48. The second-order valence-corrected chi connectivity index (χ2v) is 11.9. The lowest BCUT2D eigenvalue weighted by Crippen LogP contribution is -2.43. The molecule has 2 heterocycles. The Morgan fingerprint density at radius 1 is 1.00 bits per heavy atom. The van der Waals surface area contributed by atoms with E-state index >= 15 is 0 Å². The molecule has 2 amide bonds. The van der Waals surface area contributed by atoms with Crippen LogP contribution in [0.1, 0.15) is 41.9 Å². The van der Waals surface area contributed by atoms with Crippen LogP contribution in [0.2, 0.25) is 10.0 Å². The number of rotatable bonds is 8. The van der Waals surface area contributed by atoms with Gasteiger partial charge in [0.15, 0.2) is 0 Å². The number of nitrogens with zero attached hydrogens (tertiary/aromatic N) is 3. The topological polar surface area (TPSA) is 112 Å². The molecule has 0 atom stereocenters. The predicted molar refractivity (Wildman–Crippen MR) is 149 cm³/mol. The molecule has 9 nitrogen and oxygen atoms in total. The molecule has 1 aliphatic heterocycles. The molecule has 206 valence electrons. The highest BCUT2D eigenvalue weighted by Gasteiger charge is 2.26. The van der Waals surface area contributed by atoms with Crippen molar-refractivity contribution in [3.05, 3.63) is 87.3 Å². The maximum absolute atomic E-state index is 13.6. The fourth-order valence-corrected chi connectivity index (χ4v) is 5.81. The fourth-order valence-electron chi connectivity index (χ4n) is 4.09. The minimum absolute atomic E-state index is 0.0197. The molecule has 1 N–H and O–H groups in total. The van der Waals surface area contributed by atoms with Gasteiger partial charge in [-0.1, -0.05) is 47.0 Å². The van der Waals surface area contributed by atoms with E-state index in [2.05, 4.69) is 10.5 Å². The van der Waals surface area contributed by atoms with Gasteiger partial charge in [0.2, 0.25) is 10.0 Å². The van der Waals surface area contributed by atoms with Crippen LogP contribution in [-0.4, -0.2) is 48.7 Å². The summed E-state index contributed by atoms with van der Waals surface area (Å²) in [6.07, 6.45) is 4.04. The molecule has 1 aliphatic rings. The molecule has 0 saturated carbocycles. The number of amides is 2. The standard InChI is InChI=1S/C27H28Cl2N4O5S/c1-19-5-10-23(11-6-19)39(36,37)33(17-20-7-12-24(28)25(29)15-20)18-22-9-8-21(38-22)16-30-31-26(34)27(35)32-13-3-2-4-14-32/h5-12,15-16H,2-4,13-14,17-18H2,1H3,(H,31,34)/b30-16+. The maximum Gasteiger partial charge on any atom is 0.329 e. The monoisotopic (exact) mass is 590 g/mol. The summed E-state index contributed by atoms with van der Waals surface area (Å²) in [6.45, 7) is 2.93. The Balaban J connectivity index is 1.48. The Bertz CT molecular complexity index is 1470. The van der Waals surface area contributed by atoms with Crippen LogP contribution in [0.25, 0.3) is 0 Å². The van der Waals surface area contributed by atoms with Gasteiger partial charge in [-0.15, -0.1) is 0 Å². The number of hydrogen-bond acceptors (Lipinski definition) is 6. The number of piperidine rings is 1. The Hall–Kier alpha value is -3.18. The van der Waals surface area contributed by atoms with Gasteiger partial charge in [-0.25, -0.2) is 13.8 Å². The number of furan rings is 1. The SMILES string of the molecule is Cc1ccc(S(=O)(=O)N(Cc2ccc(Cl)c(Cl)c2)Cc2ccc(/C=N/NC(=O)C(=O)N3CCCCC3)o2)cc1. The van der Waals surface area contributed by atoms with Crippen molar-refractivity contribution < 1.29 is 22.4 Å². The van der Waals surface area contributed by atoms with Gasteiger partial charge >= 0.3 is 11.8 Å². The largest absolute Gasteiger partial charge is 0.459 e. The van der Waals surface area contributed by atoms with E-state index in [-0.39, 0.29) is 23.7 Å². The van der Waals surface area contributed by atoms with Crippen molar-refractivity contribution in [3.63, 3.8) is 0 Å². The highest BCUT2D eigenvalue weighted by Crippen LogP contribution is 2.26. The number of nitrogens with one attached hydrogen (secondary N) is 1. The molecule has 4 rings (SSSR count). The lowest BCUT2D eigenvalue weighted by atomic mass is 10.1. The van der Waals surface area contributed by atoms with Gasteiger partial charge in [0.25, 0.3) is 0 Å². The number of carbonyl (C=O) groups is 2. The molecule has 39 heavy (non-hydrogen) atoms. The average Bonchev–Trinajstić information content (AvgIpc) is 3.37. The van der Waals surface area contributed by atoms with Gasteiger partial charge in [0.1, 0.15) is 11.5 Å². The van der Waals surface area contributed by atoms with Crippen molar-refractivity contribution in [2.45, 2.75) is 44.2 Å². The van der Waals surface area contributed by atoms with Crippen LogP contribution in [0, 0.1) is 6.92 Å². The van der Waals surface area contributed by atoms with Crippen LogP contribution >= 0.6 is 23.2 Å². The summed E-state index contributed by atoms with van der Waals surface area (Å²) >= 11 is 12.2. The Kier molecular flexibility index (Phi) is 9.45. The van der Waals surface area contributed by atoms with Gasteiger partial charge < -0.3 is 9.32 Å². The smallest absolute Gasteiger partial charge is 0.329 e. The van der Waals surface area contributed by atoms with E-state index < -0.39 is 21.8 Å². The number of aryl methyl sites for hydroxylation is 1. The molecule has 0 bridgehead atoms. The Morgan fingerprint density at radius 3 is 2.41 bits per heavy atom. The fraction of sp³-hybridized carbons (Fsp3) is 0.296. The summed E-state index contributed by atoms with van der Waals surface area (Å²) in [7, 11) is -3.91. The molecule has 0 spiro atoms. The van der Waals surface area contributed by atoms with Crippen molar-refractivity contribution >= 4 is 51.3 Å². The van der Waals surface area contributed by atoms with Crippen molar-refractivity contribution in [1.29, 1.82) is 0 Å². The number of likely N-dealkylation sites (tertiary alicyclic amines) is 1. The normalized spacial score (nSPS) is 14.2. The molecule has 1 saturated heterocycles. The van der Waals surface area contributed by atoms with E-state index in [9.17, 15) is 18.0 Å². The molecule has 1 aromatic heterocycles. The third-order valence-electron chi connectivity index (χ3n) is 6.21. The first-order valence-corrected chi connectivity index (χ1v) is 14.5. The summed E-state index contributed by atoms with van der Waals surface area (Å²) in [5, 5.41) is 4.50. The number of hydrogen-bond donors (Lipinski definition) is 1. The van der Waals surface area contributed by atoms with Gasteiger partial charge in [-0.05, 0) is 68.1 Å². The maximum atomic E-state index is 13.6. The summed E-state index contributed by atoms with van der Waals surface area (Å²) in [5.74, 6) is -0.816. The van der Waals surface area contributed by atoms with Gasteiger partial charge in [0, 0.05) is 19.6 Å². The van der Waals surface area contributed by atoms with E-state index in [0.29, 0.717) is 34.5 Å². The molecular weight excluding hydrogens is 563 g/mol. The van der Waals surface area contributed by atoms with Crippen LogP contribution < -0.4 is 5.43 Å². The van der Waals surface area contributed by atoms with Crippen LogP contribution in [0.15, 0.2) is 69.0 Å². The van der Waals surface area contributed by atoms with Crippen molar-refractivity contribution in [3.8, 4) is 0 Å². The molecule has 2 aromatic carbocycles. The number of hydrazone groups is 1. The quantitative estimate of drug-likeness (QED) is 0.231. The summed E-state index contributed by atoms with van der Waals surface area (Å²) in [4.78, 5) is 26.0. The van der Waals surface area contributed by atoms with Crippen LogP contribution in [0.3, 0.4) is 0 Å². The van der Waals surface area contributed by atoms with E-state index in [4.69, 9.17) is 27.6 Å². The van der Waals surface area contributed by atoms with Crippen molar-refractivity contribution in [1.82, 2.24) is 14.6 Å². The van der Waals surface area contributed by atoms with E-state index in [1.165, 1.54) is 15.4 Å². The minimum atomic E-state index is -3.91. The Morgan fingerprint density at radius 2 is 1.72 bits per heavy atom. The second-order valence-electron chi connectivity index (χ2n) is 9.19. The van der Waals surface area contributed by atoms with Crippen LogP contribution in [-0.2, 0) is 32.7 Å². The van der Waals surface area contributed by atoms with Crippen molar-refractivity contribution in [2.75, 3.05) is 13.1 Å². The summed E-state index contributed by atoms with van der Waals surface area (Å²) < 4.78 is 34.2. The van der Waals surface area contributed by atoms with Crippen LogP contribution in [0.4, 0.5) is 0 Å². The Labute approximate surface area is 237 Å². The highest BCUT2D eigenvalue weighted by molar-refractivity contribution is 7.89. The number of carbonyl (C=O) groups excluding carboxylic acids is 2. The lowest BCUT2D eigenvalue weighted by molar-refractivity contribution is -0.146. The molecule has 0 aliphatic carbocycles. The highest BCUT2D eigenvalue weighted by atomic mass is 35.5. The first-order valence-electron chi connectivity index (χ1n) is 12.4. The van der Waals surface area contributed by atoms with Crippen molar-refractivity contribution in [2.24, 2.45) is 5.10 Å². The predicted octanol–water partition coefficient (Wildman–Crippen LogP) is 4.75. The molecule has 3 aromatic rings. The number of halogens is 2. The first kappa shape index (κ1) is 28.8. The van der Waals surface area contributed by atoms with Gasteiger partial charge in [0.05, 0.1) is 27.7 Å². The molecule has 0 unspecified atom stereocenters. The van der Waals surface area contributed by atoms with E-state index in [1.807, 2.05) is 6.92 Å². The van der Waals surface area contributed by atoms with E-state index in [0.717, 1.165) is 24.8 Å². The zero-order chi connectivity index (χ0) is 28.0. The summed E-state index contributed by atoms with van der Waals surface area (Å²) in [6, 6.07) is 14.7. The van der Waals surface area contributed by atoms with Gasteiger partial charge in [-0.2, -0.15) is 9.41 Å². The lowest BCUT2D eigenvalue weighted by Gasteiger charge is -2.25. The van der Waals surface area contributed by atoms with E-state index in [1.54, 1.807) is 54.6 Å². The average molecular weight is 592 g/mol. The van der Waals surface area contributed by atoms with Crippen LogP contribution in [0.5, 0.6) is 0 Å². The minimum Gasteiger partial charge on any atom is -0.459 e.